The van der Waals surface area contributed by atoms with E-state index < -0.39 is 9.84 Å². The average molecular weight is 375 g/mol. The van der Waals surface area contributed by atoms with E-state index in [0.29, 0.717) is 12.5 Å². The highest BCUT2D eigenvalue weighted by Gasteiger charge is 2.22. The third kappa shape index (κ3) is 8.64. The highest BCUT2D eigenvalue weighted by Crippen LogP contribution is 2.18. The molecule has 2 N–H and O–H groups in total. The minimum Gasteiger partial charge on any atom is -0.354 e. The fourth-order valence-corrected chi connectivity index (χ4v) is 2.07. The minimum absolute atomic E-state index is 0. The van der Waals surface area contributed by atoms with Crippen molar-refractivity contribution < 1.29 is 8.42 Å². The SMILES string of the molecule is CN=C(NC(C)CCS(C)(=O)=O)NC1CC1.I. The number of halogens is 1. The highest BCUT2D eigenvalue weighted by molar-refractivity contribution is 14.0. The summed E-state index contributed by atoms with van der Waals surface area (Å²) in [6.45, 7) is 1.96. The summed E-state index contributed by atoms with van der Waals surface area (Å²) in [6, 6.07) is 0.660. The van der Waals surface area contributed by atoms with Crippen molar-refractivity contribution in [2.75, 3.05) is 19.1 Å². The molecule has 0 aromatic carbocycles. The molecular formula is C10H22IN3O2S. The van der Waals surface area contributed by atoms with Crippen LogP contribution in [0, 0.1) is 0 Å². The number of guanidine groups is 1. The lowest BCUT2D eigenvalue weighted by Crippen LogP contribution is -2.43. The van der Waals surface area contributed by atoms with Crippen LogP contribution >= 0.6 is 24.0 Å². The van der Waals surface area contributed by atoms with Gasteiger partial charge in [-0.2, -0.15) is 0 Å². The predicted octanol–water partition coefficient (Wildman–Crippen LogP) is 0.755. The topological polar surface area (TPSA) is 70.6 Å². The Kier molecular flexibility index (Phi) is 7.38. The van der Waals surface area contributed by atoms with Crippen LogP contribution in [0.5, 0.6) is 0 Å². The van der Waals surface area contributed by atoms with Crippen LogP contribution in [0.25, 0.3) is 0 Å². The van der Waals surface area contributed by atoms with Gasteiger partial charge in [0.1, 0.15) is 9.84 Å². The molecule has 1 saturated carbocycles. The Morgan fingerprint density at radius 1 is 1.47 bits per heavy atom. The predicted molar refractivity (Wildman–Crippen MR) is 81.9 cm³/mol. The van der Waals surface area contributed by atoms with Crippen LogP contribution in [-0.4, -0.2) is 45.5 Å². The first-order valence-corrected chi connectivity index (χ1v) is 7.64. The molecule has 1 atom stereocenters. The lowest BCUT2D eigenvalue weighted by Gasteiger charge is -2.17. The molecule has 5 nitrogen and oxygen atoms in total. The summed E-state index contributed by atoms with van der Waals surface area (Å²) in [5, 5.41) is 6.44. The summed E-state index contributed by atoms with van der Waals surface area (Å²) in [7, 11) is -1.15. The Morgan fingerprint density at radius 3 is 2.47 bits per heavy atom. The number of sulfone groups is 1. The second kappa shape index (κ2) is 7.40. The van der Waals surface area contributed by atoms with Crippen molar-refractivity contribution in [1.82, 2.24) is 10.6 Å². The van der Waals surface area contributed by atoms with Crippen molar-refractivity contribution in [1.29, 1.82) is 0 Å². The van der Waals surface area contributed by atoms with E-state index in [1.54, 1.807) is 7.05 Å². The smallest absolute Gasteiger partial charge is 0.191 e. The Labute approximate surface area is 121 Å². The fourth-order valence-electron chi connectivity index (χ4n) is 1.29. The maximum atomic E-state index is 11.0. The summed E-state index contributed by atoms with van der Waals surface area (Å²) in [4.78, 5) is 4.10. The van der Waals surface area contributed by atoms with Gasteiger partial charge in [-0.3, -0.25) is 4.99 Å². The van der Waals surface area contributed by atoms with Crippen molar-refractivity contribution in [2.24, 2.45) is 4.99 Å². The lowest BCUT2D eigenvalue weighted by molar-refractivity contribution is 0.581. The van der Waals surface area contributed by atoms with Gasteiger partial charge in [0.05, 0.1) is 5.75 Å². The summed E-state index contributed by atoms with van der Waals surface area (Å²) in [6.07, 6.45) is 4.25. The molecule has 1 aliphatic rings. The van der Waals surface area contributed by atoms with Crippen LogP contribution in [0.2, 0.25) is 0 Å². The molecule has 1 rings (SSSR count). The number of hydrogen-bond donors (Lipinski definition) is 2. The monoisotopic (exact) mass is 375 g/mol. The van der Waals surface area contributed by atoms with Crippen molar-refractivity contribution in [3.8, 4) is 0 Å². The lowest BCUT2D eigenvalue weighted by atomic mass is 10.3. The van der Waals surface area contributed by atoms with E-state index in [1.807, 2.05) is 6.92 Å². The van der Waals surface area contributed by atoms with E-state index in [1.165, 1.54) is 19.1 Å². The average Bonchev–Trinajstić information content (AvgIpc) is 2.96. The summed E-state index contributed by atoms with van der Waals surface area (Å²) < 4.78 is 22.0. The zero-order valence-corrected chi connectivity index (χ0v) is 13.7. The number of rotatable bonds is 5. The number of hydrogen-bond acceptors (Lipinski definition) is 3. The Balaban J connectivity index is 0.00000256. The van der Waals surface area contributed by atoms with Crippen molar-refractivity contribution in [3.05, 3.63) is 0 Å². The second-order valence-corrected chi connectivity index (χ2v) is 6.71. The molecule has 7 heteroatoms. The van der Waals surface area contributed by atoms with Crippen molar-refractivity contribution in [3.63, 3.8) is 0 Å². The first-order chi connectivity index (χ1) is 7.40. The van der Waals surface area contributed by atoms with Gasteiger partial charge >= 0.3 is 0 Å². The molecule has 0 bridgehead atoms. The Morgan fingerprint density at radius 2 is 2.06 bits per heavy atom. The first-order valence-electron chi connectivity index (χ1n) is 5.58. The molecule has 0 amide bonds. The second-order valence-electron chi connectivity index (χ2n) is 4.45. The number of nitrogens with one attached hydrogen (secondary N) is 2. The molecule has 17 heavy (non-hydrogen) atoms. The summed E-state index contributed by atoms with van der Waals surface area (Å²) >= 11 is 0. The summed E-state index contributed by atoms with van der Waals surface area (Å²) in [5.41, 5.74) is 0. The van der Waals surface area contributed by atoms with Crippen LogP contribution in [0.1, 0.15) is 26.2 Å². The van der Waals surface area contributed by atoms with Crippen LogP contribution in [-0.2, 0) is 9.84 Å². The third-order valence-electron chi connectivity index (χ3n) is 2.45. The third-order valence-corrected chi connectivity index (χ3v) is 3.42. The molecule has 0 spiro atoms. The largest absolute Gasteiger partial charge is 0.354 e. The van der Waals surface area contributed by atoms with Gasteiger partial charge < -0.3 is 10.6 Å². The zero-order valence-electron chi connectivity index (χ0n) is 10.6. The van der Waals surface area contributed by atoms with Crippen LogP contribution in [0.4, 0.5) is 0 Å². The molecule has 1 aliphatic carbocycles. The van der Waals surface area contributed by atoms with E-state index in [0.717, 1.165) is 5.96 Å². The molecule has 0 saturated heterocycles. The van der Waals surface area contributed by atoms with Gasteiger partial charge in [0.15, 0.2) is 5.96 Å². The van der Waals surface area contributed by atoms with Crippen molar-refractivity contribution >= 4 is 39.8 Å². The zero-order chi connectivity index (χ0) is 12.2. The number of nitrogens with zero attached hydrogens (tertiary/aromatic N) is 1. The molecule has 0 aromatic heterocycles. The van der Waals surface area contributed by atoms with Gasteiger partial charge in [-0.1, -0.05) is 0 Å². The molecule has 1 unspecified atom stereocenters. The maximum absolute atomic E-state index is 11.0. The van der Waals surface area contributed by atoms with Crippen molar-refractivity contribution in [2.45, 2.75) is 38.3 Å². The molecule has 0 aromatic rings. The van der Waals surface area contributed by atoms with Gasteiger partial charge in [0.2, 0.25) is 0 Å². The first kappa shape index (κ1) is 16.9. The summed E-state index contributed by atoms with van der Waals surface area (Å²) in [5.74, 6) is 0.977. The van der Waals surface area contributed by atoms with E-state index in [9.17, 15) is 8.42 Å². The molecule has 1 fully saturated rings. The fraction of sp³-hybridized carbons (Fsp3) is 0.900. The van der Waals surface area contributed by atoms with E-state index in [4.69, 9.17) is 0 Å². The highest BCUT2D eigenvalue weighted by atomic mass is 127. The Bertz CT molecular complexity index is 353. The standard InChI is InChI=1S/C10H21N3O2S.HI/c1-8(6-7-16(3,14)15)12-10(11-2)13-9-4-5-9;/h8-9H,4-7H2,1-3H3,(H2,11,12,13);1H. The van der Waals surface area contributed by atoms with Gasteiger partial charge in [0, 0.05) is 25.4 Å². The Hall–Kier alpha value is -0.0500. The van der Waals surface area contributed by atoms with Gasteiger partial charge in [-0.25, -0.2) is 8.42 Å². The van der Waals surface area contributed by atoms with Crippen LogP contribution in [0.3, 0.4) is 0 Å². The minimum atomic E-state index is -2.87. The van der Waals surface area contributed by atoms with Crippen LogP contribution < -0.4 is 10.6 Å². The molecule has 0 heterocycles. The molecule has 0 radical (unpaired) electrons. The van der Waals surface area contributed by atoms with E-state index in [-0.39, 0.29) is 35.8 Å². The molecule has 102 valence electrons. The van der Waals surface area contributed by atoms with Crippen LogP contribution in [0.15, 0.2) is 4.99 Å². The van der Waals surface area contributed by atoms with Gasteiger partial charge in [0.25, 0.3) is 0 Å². The van der Waals surface area contributed by atoms with Gasteiger partial charge in [-0.05, 0) is 26.2 Å². The quantitative estimate of drug-likeness (QED) is 0.423. The normalized spacial score (nSPS) is 18.2. The molecule has 0 aliphatic heterocycles. The maximum Gasteiger partial charge on any atom is 0.191 e. The number of aliphatic imine (C=N–C) groups is 1. The van der Waals surface area contributed by atoms with E-state index >= 15 is 0 Å². The van der Waals surface area contributed by atoms with Gasteiger partial charge in [-0.15, -0.1) is 24.0 Å². The molecular weight excluding hydrogens is 353 g/mol. The van der Waals surface area contributed by atoms with E-state index in [2.05, 4.69) is 15.6 Å².